The molecule has 2 N–H and O–H groups in total. The minimum Gasteiger partial charge on any atom is -0.480 e. The molecule has 0 fully saturated rings. The number of carbonyl (C=O) groups is 2. The molecule has 0 spiro atoms. The molecule has 4 nitrogen and oxygen atoms in total. The van der Waals surface area contributed by atoms with Crippen LogP contribution >= 0.6 is 23.4 Å². The number of thioether (sulfide) groups is 1. The molecule has 0 aliphatic heterocycles. The van der Waals surface area contributed by atoms with Gasteiger partial charge in [0.25, 0.3) is 0 Å². The van der Waals surface area contributed by atoms with Crippen LogP contribution in [-0.2, 0) is 9.59 Å². The molecule has 1 unspecified atom stereocenters. The second kappa shape index (κ2) is 8.07. The van der Waals surface area contributed by atoms with Crippen LogP contribution in [0, 0.1) is 0 Å². The van der Waals surface area contributed by atoms with E-state index in [0.717, 1.165) is 4.90 Å². The Kier molecular flexibility index (Phi) is 6.73. The summed E-state index contributed by atoms with van der Waals surface area (Å²) in [6, 6.07) is 6.60. The van der Waals surface area contributed by atoms with Crippen molar-refractivity contribution < 1.29 is 14.7 Å². The first-order chi connectivity index (χ1) is 9.04. The van der Waals surface area contributed by atoms with E-state index in [1.54, 1.807) is 13.0 Å². The molecule has 6 heteroatoms. The van der Waals surface area contributed by atoms with Crippen molar-refractivity contribution in [3.63, 3.8) is 0 Å². The van der Waals surface area contributed by atoms with Crippen LogP contribution in [0.15, 0.2) is 29.2 Å². The molecule has 0 saturated heterocycles. The maximum absolute atomic E-state index is 11.6. The second-order valence-corrected chi connectivity index (χ2v) is 5.44. The third-order valence-electron chi connectivity index (χ3n) is 2.46. The minimum absolute atomic E-state index is 0.256. The van der Waals surface area contributed by atoms with Crippen molar-refractivity contribution in [2.75, 3.05) is 5.75 Å². The van der Waals surface area contributed by atoms with Gasteiger partial charge in [-0.15, -0.1) is 11.8 Å². The lowest BCUT2D eigenvalue weighted by molar-refractivity contribution is -0.141. The Labute approximate surface area is 121 Å². The predicted octanol–water partition coefficient (Wildman–Crippen LogP) is 2.80. The number of benzene rings is 1. The fourth-order valence-electron chi connectivity index (χ4n) is 1.42. The van der Waals surface area contributed by atoms with E-state index in [4.69, 9.17) is 16.7 Å². The molecule has 19 heavy (non-hydrogen) atoms. The molecule has 1 atom stereocenters. The molecule has 0 aliphatic carbocycles. The Balaban J connectivity index is 2.35. The summed E-state index contributed by atoms with van der Waals surface area (Å²) < 4.78 is 0. The molecule has 1 rings (SSSR count). The smallest absolute Gasteiger partial charge is 0.326 e. The molecular weight excluding hydrogens is 286 g/mol. The average molecular weight is 302 g/mol. The third-order valence-corrected chi connectivity index (χ3v) is 3.98. The highest BCUT2D eigenvalue weighted by Gasteiger charge is 2.17. The highest BCUT2D eigenvalue weighted by Crippen LogP contribution is 2.26. The monoisotopic (exact) mass is 301 g/mol. The highest BCUT2D eigenvalue weighted by molar-refractivity contribution is 7.99. The SMILES string of the molecule is CCC(NC(=O)CCSc1ccccc1Cl)C(=O)O. The van der Waals surface area contributed by atoms with E-state index in [2.05, 4.69) is 5.32 Å². The van der Waals surface area contributed by atoms with Gasteiger partial charge >= 0.3 is 5.97 Å². The van der Waals surface area contributed by atoms with Gasteiger partial charge in [0, 0.05) is 17.1 Å². The molecular formula is C13H16ClNO3S. The largest absolute Gasteiger partial charge is 0.480 e. The van der Waals surface area contributed by atoms with Gasteiger partial charge in [-0.05, 0) is 18.6 Å². The molecule has 1 aromatic rings. The second-order valence-electron chi connectivity index (χ2n) is 3.90. The van der Waals surface area contributed by atoms with Crippen molar-refractivity contribution in [1.29, 1.82) is 0 Å². The van der Waals surface area contributed by atoms with Crippen LogP contribution in [0.1, 0.15) is 19.8 Å². The summed E-state index contributed by atoms with van der Waals surface area (Å²) in [4.78, 5) is 23.3. The van der Waals surface area contributed by atoms with Gasteiger partial charge in [0.2, 0.25) is 5.91 Å². The number of hydrogen-bond donors (Lipinski definition) is 2. The van der Waals surface area contributed by atoms with Crippen molar-refractivity contribution >= 4 is 35.2 Å². The van der Waals surface area contributed by atoms with Crippen molar-refractivity contribution in [2.45, 2.75) is 30.7 Å². The lowest BCUT2D eigenvalue weighted by Gasteiger charge is -2.12. The van der Waals surface area contributed by atoms with Crippen LogP contribution in [0.5, 0.6) is 0 Å². The fourth-order valence-corrected chi connectivity index (χ4v) is 2.61. The van der Waals surface area contributed by atoms with Gasteiger partial charge in [0.1, 0.15) is 6.04 Å². The van der Waals surface area contributed by atoms with Crippen LogP contribution in [0.4, 0.5) is 0 Å². The molecule has 0 saturated carbocycles. The van der Waals surface area contributed by atoms with E-state index in [9.17, 15) is 9.59 Å². The summed E-state index contributed by atoms with van der Waals surface area (Å²) >= 11 is 7.47. The number of carboxylic acids is 1. The van der Waals surface area contributed by atoms with E-state index in [1.807, 2.05) is 18.2 Å². The summed E-state index contributed by atoms with van der Waals surface area (Å²) in [7, 11) is 0. The maximum Gasteiger partial charge on any atom is 0.326 e. The van der Waals surface area contributed by atoms with Crippen LogP contribution < -0.4 is 5.32 Å². The van der Waals surface area contributed by atoms with Crippen molar-refractivity contribution in [3.8, 4) is 0 Å². The summed E-state index contributed by atoms with van der Waals surface area (Å²) in [6.07, 6.45) is 0.637. The standard InChI is InChI=1S/C13H16ClNO3S/c1-2-10(13(17)18)15-12(16)7-8-19-11-6-4-3-5-9(11)14/h3-6,10H,2,7-8H2,1H3,(H,15,16)(H,17,18). The summed E-state index contributed by atoms with van der Waals surface area (Å²) in [6.45, 7) is 1.72. The van der Waals surface area contributed by atoms with Crippen molar-refractivity contribution in [1.82, 2.24) is 5.32 Å². The van der Waals surface area contributed by atoms with E-state index in [-0.39, 0.29) is 12.3 Å². The van der Waals surface area contributed by atoms with Crippen LogP contribution in [0.2, 0.25) is 5.02 Å². The normalized spacial score (nSPS) is 11.9. The van der Waals surface area contributed by atoms with Gasteiger partial charge in [-0.1, -0.05) is 30.7 Å². The van der Waals surface area contributed by atoms with Gasteiger partial charge < -0.3 is 10.4 Å². The molecule has 1 aromatic carbocycles. The predicted molar refractivity (Wildman–Crippen MR) is 76.7 cm³/mol. The molecule has 0 aliphatic rings. The lowest BCUT2D eigenvalue weighted by Crippen LogP contribution is -2.40. The number of hydrogen-bond acceptors (Lipinski definition) is 3. The first kappa shape index (κ1) is 15.9. The average Bonchev–Trinajstić information content (AvgIpc) is 2.38. The Morgan fingerprint density at radius 1 is 1.42 bits per heavy atom. The number of nitrogens with one attached hydrogen (secondary N) is 1. The summed E-state index contributed by atoms with van der Waals surface area (Å²) in [5, 5.41) is 12.0. The topological polar surface area (TPSA) is 66.4 Å². The highest BCUT2D eigenvalue weighted by atomic mass is 35.5. The number of carbonyl (C=O) groups excluding carboxylic acids is 1. The Hall–Kier alpha value is -1.20. The quantitative estimate of drug-likeness (QED) is 0.760. The molecule has 1 amide bonds. The Morgan fingerprint density at radius 3 is 2.68 bits per heavy atom. The van der Waals surface area contributed by atoms with Gasteiger partial charge in [0.05, 0.1) is 5.02 Å². The molecule has 104 valence electrons. The summed E-state index contributed by atoms with van der Waals surface area (Å²) in [5.74, 6) is -0.700. The molecule has 0 bridgehead atoms. The number of amides is 1. The number of aliphatic carboxylic acids is 1. The minimum atomic E-state index is -1.00. The van der Waals surface area contributed by atoms with Gasteiger partial charge in [-0.3, -0.25) is 4.79 Å². The summed E-state index contributed by atoms with van der Waals surface area (Å²) in [5.41, 5.74) is 0. The van der Waals surface area contributed by atoms with E-state index < -0.39 is 12.0 Å². The lowest BCUT2D eigenvalue weighted by atomic mass is 10.2. The van der Waals surface area contributed by atoms with E-state index in [0.29, 0.717) is 17.2 Å². The Bertz CT molecular complexity index is 453. The van der Waals surface area contributed by atoms with E-state index in [1.165, 1.54) is 11.8 Å². The molecule has 0 aromatic heterocycles. The van der Waals surface area contributed by atoms with Crippen LogP contribution in [0.25, 0.3) is 0 Å². The van der Waals surface area contributed by atoms with E-state index >= 15 is 0 Å². The third kappa shape index (κ3) is 5.53. The van der Waals surface area contributed by atoms with Gasteiger partial charge in [-0.25, -0.2) is 4.79 Å². The first-order valence-corrected chi connectivity index (χ1v) is 7.30. The zero-order valence-corrected chi connectivity index (χ0v) is 12.1. The Morgan fingerprint density at radius 2 is 2.11 bits per heavy atom. The van der Waals surface area contributed by atoms with Crippen LogP contribution in [0.3, 0.4) is 0 Å². The fraction of sp³-hybridized carbons (Fsp3) is 0.385. The van der Waals surface area contributed by atoms with Crippen molar-refractivity contribution in [3.05, 3.63) is 29.3 Å². The van der Waals surface area contributed by atoms with Gasteiger partial charge in [0.15, 0.2) is 0 Å². The number of halogens is 1. The zero-order valence-electron chi connectivity index (χ0n) is 10.6. The number of carboxylic acid groups (broad SMARTS) is 1. The number of rotatable bonds is 7. The molecule has 0 radical (unpaired) electrons. The maximum atomic E-state index is 11.6. The zero-order chi connectivity index (χ0) is 14.3. The van der Waals surface area contributed by atoms with Crippen molar-refractivity contribution in [2.24, 2.45) is 0 Å². The van der Waals surface area contributed by atoms with Crippen LogP contribution in [-0.4, -0.2) is 28.8 Å². The first-order valence-electron chi connectivity index (χ1n) is 5.94. The molecule has 0 heterocycles. The van der Waals surface area contributed by atoms with Gasteiger partial charge in [-0.2, -0.15) is 0 Å².